The van der Waals surface area contributed by atoms with Crippen molar-refractivity contribution in [2.75, 3.05) is 0 Å². The normalized spacial score (nSPS) is 11.4. The summed E-state index contributed by atoms with van der Waals surface area (Å²) in [6.45, 7) is 0. The quantitative estimate of drug-likeness (QED) is 0.795. The average molecular weight is 287 g/mol. The molecule has 0 saturated carbocycles. The molecule has 0 saturated heterocycles. The second kappa shape index (κ2) is 5.67. The molecule has 84 valence electrons. The first-order chi connectivity index (χ1) is 8.27. The van der Waals surface area contributed by atoms with Crippen LogP contribution in [0.4, 0.5) is 0 Å². The molecule has 0 radical (unpaired) electrons. The molecule has 1 nitrogen and oxygen atoms in total. The first-order valence-corrected chi connectivity index (χ1v) is 6.06. The summed E-state index contributed by atoms with van der Waals surface area (Å²) in [5, 5.41) is 9.96. The fourth-order valence-electron chi connectivity index (χ4n) is 1.45. The molecule has 0 unspecified atom stereocenters. The van der Waals surface area contributed by atoms with Crippen LogP contribution in [-0.2, 0) is 0 Å². The topological polar surface area (TPSA) is 20.2 Å². The molecule has 0 aromatic heterocycles. The van der Waals surface area contributed by atoms with Gasteiger partial charge < -0.3 is 5.11 Å². The summed E-state index contributed by atoms with van der Waals surface area (Å²) < 4.78 is 0.870. The van der Waals surface area contributed by atoms with Crippen LogP contribution < -0.4 is 0 Å². The van der Waals surface area contributed by atoms with Gasteiger partial charge in [-0.05, 0) is 18.2 Å². The van der Waals surface area contributed by atoms with Crippen molar-refractivity contribution >= 4 is 15.9 Å². The van der Waals surface area contributed by atoms with Gasteiger partial charge >= 0.3 is 0 Å². The predicted molar refractivity (Wildman–Crippen MR) is 72.4 cm³/mol. The van der Waals surface area contributed by atoms with Gasteiger partial charge in [-0.1, -0.05) is 64.2 Å². The van der Waals surface area contributed by atoms with Crippen molar-refractivity contribution in [1.29, 1.82) is 0 Å². The van der Waals surface area contributed by atoms with Crippen LogP contribution in [0.15, 0.2) is 59.1 Å². The highest BCUT2D eigenvalue weighted by Gasteiger charge is 2.06. The van der Waals surface area contributed by atoms with E-state index >= 15 is 0 Å². The van der Waals surface area contributed by atoms with Crippen molar-refractivity contribution in [3.05, 3.63) is 70.2 Å². The first-order valence-electron chi connectivity index (χ1n) is 5.26. The smallest absolute Gasteiger partial charge is 0.141 e. The summed E-state index contributed by atoms with van der Waals surface area (Å²) in [5.74, 6) is 5.78. The van der Waals surface area contributed by atoms with E-state index in [9.17, 15) is 5.11 Å². The Labute approximate surface area is 109 Å². The number of aliphatic hydroxyl groups is 1. The summed E-state index contributed by atoms with van der Waals surface area (Å²) in [4.78, 5) is 0. The summed E-state index contributed by atoms with van der Waals surface area (Å²) in [7, 11) is 0. The van der Waals surface area contributed by atoms with Crippen LogP contribution in [0.3, 0.4) is 0 Å². The zero-order valence-corrected chi connectivity index (χ0v) is 10.7. The lowest BCUT2D eigenvalue weighted by molar-refractivity contribution is 0.237. The van der Waals surface area contributed by atoms with Gasteiger partial charge in [-0.25, -0.2) is 0 Å². The Morgan fingerprint density at radius 1 is 0.941 bits per heavy atom. The van der Waals surface area contributed by atoms with Gasteiger partial charge in [0.15, 0.2) is 0 Å². The minimum atomic E-state index is -0.772. The highest BCUT2D eigenvalue weighted by atomic mass is 79.9. The second-order valence-corrected chi connectivity index (χ2v) is 4.41. The van der Waals surface area contributed by atoms with Crippen molar-refractivity contribution in [3.8, 4) is 11.8 Å². The molecule has 0 heterocycles. The molecule has 2 heteroatoms. The van der Waals surface area contributed by atoms with Gasteiger partial charge in [0, 0.05) is 15.6 Å². The zero-order chi connectivity index (χ0) is 12.1. The molecule has 0 fully saturated rings. The largest absolute Gasteiger partial charge is 0.376 e. The van der Waals surface area contributed by atoms with E-state index in [0.717, 1.165) is 15.6 Å². The highest BCUT2D eigenvalue weighted by molar-refractivity contribution is 9.10. The molecule has 0 aliphatic rings. The summed E-state index contributed by atoms with van der Waals surface area (Å²) in [6.07, 6.45) is -0.772. The minimum Gasteiger partial charge on any atom is -0.376 e. The van der Waals surface area contributed by atoms with E-state index in [1.807, 2.05) is 54.6 Å². The Morgan fingerprint density at radius 3 is 2.29 bits per heavy atom. The number of hydrogen-bond donors (Lipinski definition) is 1. The molecule has 0 aliphatic heterocycles. The molecule has 0 aliphatic carbocycles. The lowest BCUT2D eigenvalue weighted by atomic mass is 10.1. The average Bonchev–Trinajstić information content (AvgIpc) is 2.38. The highest BCUT2D eigenvalue weighted by Crippen LogP contribution is 2.22. The maximum Gasteiger partial charge on any atom is 0.141 e. The molecule has 17 heavy (non-hydrogen) atoms. The fraction of sp³-hybridized carbons (Fsp3) is 0.0667. The minimum absolute atomic E-state index is 0.772. The molecule has 2 aromatic carbocycles. The molecule has 2 rings (SSSR count). The number of hydrogen-bond acceptors (Lipinski definition) is 1. The van der Waals surface area contributed by atoms with Gasteiger partial charge in [0.2, 0.25) is 0 Å². The molecule has 2 aromatic rings. The van der Waals surface area contributed by atoms with E-state index in [1.165, 1.54) is 0 Å². The van der Waals surface area contributed by atoms with Crippen molar-refractivity contribution < 1.29 is 5.11 Å². The molecule has 1 atom stereocenters. The SMILES string of the molecule is O[C@H](C#Cc1ccccc1)c1ccccc1Br. The molecular weight excluding hydrogens is 276 g/mol. The summed E-state index contributed by atoms with van der Waals surface area (Å²) in [5.41, 5.74) is 1.69. The van der Waals surface area contributed by atoms with Gasteiger partial charge in [0.25, 0.3) is 0 Å². The van der Waals surface area contributed by atoms with E-state index in [2.05, 4.69) is 27.8 Å². The Morgan fingerprint density at radius 2 is 1.59 bits per heavy atom. The van der Waals surface area contributed by atoms with E-state index < -0.39 is 6.10 Å². The molecule has 0 amide bonds. The monoisotopic (exact) mass is 286 g/mol. The number of rotatable bonds is 1. The van der Waals surface area contributed by atoms with Crippen LogP contribution in [0, 0.1) is 11.8 Å². The Balaban J connectivity index is 2.21. The van der Waals surface area contributed by atoms with Crippen molar-refractivity contribution in [2.45, 2.75) is 6.10 Å². The van der Waals surface area contributed by atoms with Crippen LogP contribution in [-0.4, -0.2) is 5.11 Å². The van der Waals surface area contributed by atoms with Crippen molar-refractivity contribution in [1.82, 2.24) is 0 Å². The molecule has 1 N–H and O–H groups in total. The van der Waals surface area contributed by atoms with Crippen molar-refractivity contribution in [3.63, 3.8) is 0 Å². The lowest BCUT2D eigenvalue weighted by Crippen LogP contribution is -1.94. The number of halogens is 1. The van der Waals surface area contributed by atoms with Gasteiger partial charge in [0.1, 0.15) is 6.10 Å². The third-order valence-electron chi connectivity index (χ3n) is 2.33. The lowest BCUT2D eigenvalue weighted by Gasteiger charge is -2.05. The second-order valence-electron chi connectivity index (χ2n) is 3.56. The molecular formula is C15H11BrO. The fourth-order valence-corrected chi connectivity index (χ4v) is 1.95. The number of aliphatic hydroxyl groups excluding tert-OH is 1. The van der Waals surface area contributed by atoms with Crippen LogP contribution in [0.25, 0.3) is 0 Å². The Kier molecular flexibility index (Phi) is 3.98. The van der Waals surface area contributed by atoms with Gasteiger partial charge in [-0.15, -0.1) is 0 Å². The standard InChI is InChI=1S/C15H11BrO/c16-14-9-5-4-8-13(14)15(17)11-10-12-6-2-1-3-7-12/h1-9,15,17H/t15-/m1/s1. The van der Waals surface area contributed by atoms with E-state index in [-0.39, 0.29) is 0 Å². The van der Waals surface area contributed by atoms with Crippen LogP contribution in [0.1, 0.15) is 17.2 Å². The predicted octanol–water partition coefficient (Wildman–Crippen LogP) is 3.53. The zero-order valence-electron chi connectivity index (χ0n) is 9.10. The Hall–Kier alpha value is -1.56. The third-order valence-corrected chi connectivity index (χ3v) is 3.05. The van der Waals surface area contributed by atoms with Crippen LogP contribution in [0.5, 0.6) is 0 Å². The van der Waals surface area contributed by atoms with E-state index in [4.69, 9.17) is 0 Å². The van der Waals surface area contributed by atoms with Crippen LogP contribution in [0.2, 0.25) is 0 Å². The van der Waals surface area contributed by atoms with E-state index in [0.29, 0.717) is 0 Å². The van der Waals surface area contributed by atoms with Gasteiger partial charge in [0.05, 0.1) is 0 Å². The van der Waals surface area contributed by atoms with Gasteiger partial charge in [-0.2, -0.15) is 0 Å². The first kappa shape index (κ1) is 11.9. The molecule has 0 bridgehead atoms. The summed E-state index contributed by atoms with van der Waals surface area (Å²) >= 11 is 3.40. The number of benzene rings is 2. The maximum atomic E-state index is 9.96. The maximum absolute atomic E-state index is 9.96. The third kappa shape index (κ3) is 3.20. The van der Waals surface area contributed by atoms with Gasteiger partial charge in [-0.3, -0.25) is 0 Å². The van der Waals surface area contributed by atoms with Crippen molar-refractivity contribution in [2.24, 2.45) is 0 Å². The van der Waals surface area contributed by atoms with E-state index in [1.54, 1.807) is 0 Å². The Bertz CT molecular complexity index is 552. The van der Waals surface area contributed by atoms with Crippen LogP contribution >= 0.6 is 15.9 Å². The molecule has 0 spiro atoms. The summed E-state index contributed by atoms with van der Waals surface area (Å²) in [6, 6.07) is 17.2.